The van der Waals surface area contributed by atoms with E-state index >= 15 is 0 Å². The Morgan fingerprint density at radius 2 is 1.93 bits per heavy atom. The number of halogens is 1. The molecule has 0 spiro atoms. The molecule has 4 aromatic rings. The van der Waals surface area contributed by atoms with Crippen molar-refractivity contribution in [1.29, 1.82) is 0 Å². The van der Waals surface area contributed by atoms with E-state index in [1.165, 1.54) is 17.8 Å². The third-order valence-electron chi connectivity index (χ3n) is 4.10. The highest BCUT2D eigenvalue weighted by molar-refractivity contribution is 7.99. The number of benzene rings is 2. The molecule has 0 bridgehead atoms. The number of thioether (sulfide) groups is 1. The van der Waals surface area contributed by atoms with Crippen molar-refractivity contribution in [2.75, 3.05) is 11.1 Å². The van der Waals surface area contributed by atoms with Gasteiger partial charge in [-0.25, -0.2) is 0 Å². The van der Waals surface area contributed by atoms with E-state index in [1.807, 2.05) is 28.8 Å². The van der Waals surface area contributed by atoms with Gasteiger partial charge in [-0.1, -0.05) is 29.4 Å². The van der Waals surface area contributed by atoms with E-state index in [4.69, 9.17) is 11.6 Å². The maximum Gasteiger partial charge on any atom is 0.234 e. The maximum absolute atomic E-state index is 12.4. The van der Waals surface area contributed by atoms with Gasteiger partial charge >= 0.3 is 0 Å². The van der Waals surface area contributed by atoms with Gasteiger partial charge in [0.2, 0.25) is 5.91 Å². The number of aromatic hydroxyl groups is 1. The number of carbonyl (C=O) groups is 1. The number of aromatic nitrogens is 4. The zero-order chi connectivity index (χ0) is 20.9. The first kappa shape index (κ1) is 19.9. The molecule has 7 nitrogen and oxygen atoms in total. The number of hydrogen-bond acceptors (Lipinski definition) is 6. The predicted molar refractivity (Wildman–Crippen MR) is 117 cm³/mol. The van der Waals surface area contributed by atoms with Crippen LogP contribution < -0.4 is 5.32 Å². The first-order valence-corrected chi connectivity index (χ1v) is 10.3. The molecule has 2 aromatic heterocycles. The molecule has 0 aliphatic carbocycles. The molecule has 0 atom stereocenters. The van der Waals surface area contributed by atoms with Gasteiger partial charge in [0.15, 0.2) is 11.0 Å². The number of hydrogen-bond donors (Lipinski definition) is 2. The van der Waals surface area contributed by atoms with E-state index in [0.717, 1.165) is 11.3 Å². The number of pyridine rings is 1. The van der Waals surface area contributed by atoms with E-state index in [9.17, 15) is 9.90 Å². The molecular formula is C21H16ClN5O2S. The zero-order valence-corrected chi connectivity index (χ0v) is 17.1. The smallest absolute Gasteiger partial charge is 0.234 e. The largest absolute Gasteiger partial charge is 0.508 e. The zero-order valence-electron chi connectivity index (χ0n) is 15.6. The monoisotopic (exact) mass is 437 g/mol. The van der Waals surface area contributed by atoms with E-state index < -0.39 is 0 Å². The lowest BCUT2D eigenvalue weighted by molar-refractivity contribution is -0.113. The van der Waals surface area contributed by atoms with Crippen LogP contribution in [0.1, 0.15) is 0 Å². The molecule has 2 N–H and O–H groups in total. The molecule has 0 radical (unpaired) electrons. The summed E-state index contributed by atoms with van der Waals surface area (Å²) >= 11 is 7.29. The van der Waals surface area contributed by atoms with E-state index in [2.05, 4.69) is 20.5 Å². The first-order chi connectivity index (χ1) is 14.6. The molecule has 1 amide bonds. The van der Waals surface area contributed by atoms with Crippen LogP contribution in [0.2, 0.25) is 5.02 Å². The van der Waals surface area contributed by atoms with Crippen molar-refractivity contribution in [2.45, 2.75) is 5.16 Å². The SMILES string of the molecule is O=C(CSc1nnc(-c2cccnc2)n1-c1ccc(Cl)cc1)Nc1cccc(O)c1. The van der Waals surface area contributed by atoms with Crippen molar-refractivity contribution in [1.82, 2.24) is 19.7 Å². The minimum absolute atomic E-state index is 0.0871. The molecule has 0 saturated carbocycles. The van der Waals surface area contributed by atoms with Crippen molar-refractivity contribution in [3.05, 3.63) is 78.1 Å². The Labute approximate surface area is 181 Å². The molecule has 9 heteroatoms. The standard InChI is InChI=1S/C21H16ClN5O2S/c22-15-6-8-17(9-7-15)27-20(14-3-2-10-23-12-14)25-26-21(27)30-13-19(29)24-16-4-1-5-18(28)11-16/h1-12,28H,13H2,(H,24,29). The summed E-state index contributed by atoms with van der Waals surface area (Å²) in [5, 5.41) is 22.1. The fraction of sp³-hybridized carbons (Fsp3) is 0.0476. The van der Waals surface area contributed by atoms with Gasteiger partial charge in [0.1, 0.15) is 5.75 Å². The summed E-state index contributed by atoms with van der Waals surface area (Å²) < 4.78 is 1.86. The number of anilines is 1. The van der Waals surface area contributed by atoms with Gasteiger partial charge in [-0.2, -0.15) is 0 Å². The third kappa shape index (κ3) is 4.61. The van der Waals surface area contributed by atoms with Gasteiger partial charge in [-0.05, 0) is 48.5 Å². The van der Waals surface area contributed by atoms with Gasteiger partial charge in [0, 0.05) is 40.4 Å². The van der Waals surface area contributed by atoms with Crippen molar-refractivity contribution in [2.24, 2.45) is 0 Å². The van der Waals surface area contributed by atoms with Crippen molar-refractivity contribution in [3.8, 4) is 22.8 Å². The molecule has 2 heterocycles. The molecule has 4 rings (SSSR count). The van der Waals surface area contributed by atoms with Gasteiger partial charge < -0.3 is 10.4 Å². The quantitative estimate of drug-likeness (QED) is 0.434. The van der Waals surface area contributed by atoms with Gasteiger partial charge in [0.25, 0.3) is 0 Å². The summed E-state index contributed by atoms with van der Waals surface area (Å²) in [7, 11) is 0. The van der Waals surface area contributed by atoms with Crippen LogP contribution in [0, 0.1) is 0 Å². The van der Waals surface area contributed by atoms with Crippen LogP contribution in [0.4, 0.5) is 5.69 Å². The van der Waals surface area contributed by atoms with Crippen LogP contribution in [0.5, 0.6) is 5.75 Å². The molecule has 0 aliphatic heterocycles. The molecule has 0 fully saturated rings. The molecule has 0 aliphatic rings. The Morgan fingerprint density at radius 1 is 1.10 bits per heavy atom. The highest BCUT2D eigenvalue weighted by atomic mass is 35.5. The molecule has 0 saturated heterocycles. The first-order valence-electron chi connectivity index (χ1n) is 8.93. The second-order valence-electron chi connectivity index (χ2n) is 6.25. The summed E-state index contributed by atoms with van der Waals surface area (Å²) in [6, 6.07) is 17.4. The number of nitrogens with zero attached hydrogens (tertiary/aromatic N) is 4. The molecule has 2 aromatic carbocycles. The topological polar surface area (TPSA) is 92.9 Å². The average molecular weight is 438 g/mol. The summed E-state index contributed by atoms with van der Waals surface area (Å²) in [5.41, 5.74) is 2.14. The highest BCUT2D eigenvalue weighted by Gasteiger charge is 2.17. The Kier molecular flexibility index (Phi) is 5.97. The van der Waals surface area contributed by atoms with Gasteiger partial charge in [0.05, 0.1) is 5.75 Å². The number of phenolic OH excluding ortho intramolecular Hbond substituents is 1. The highest BCUT2D eigenvalue weighted by Crippen LogP contribution is 2.28. The Hall–Kier alpha value is -3.36. The molecule has 0 unspecified atom stereocenters. The molecule has 150 valence electrons. The fourth-order valence-electron chi connectivity index (χ4n) is 2.78. The second kappa shape index (κ2) is 8.98. The van der Waals surface area contributed by atoms with E-state index in [1.54, 1.807) is 42.7 Å². The fourth-order valence-corrected chi connectivity index (χ4v) is 3.66. The summed E-state index contributed by atoms with van der Waals surface area (Å²) in [4.78, 5) is 16.5. The third-order valence-corrected chi connectivity index (χ3v) is 5.28. The van der Waals surface area contributed by atoms with Crippen LogP contribution in [0.25, 0.3) is 17.1 Å². The Balaban J connectivity index is 1.59. The van der Waals surface area contributed by atoms with Crippen molar-refractivity contribution < 1.29 is 9.90 Å². The number of rotatable bonds is 6. The van der Waals surface area contributed by atoms with Gasteiger partial charge in [-0.15, -0.1) is 10.2 Å². The summed E-state index contributed by atoms with van der Waals surface area (Å²) in [6.45, 7) is 0. The minimum atomic E-state index is -0.223. The normalized spacial score (nSPS) is 10.7. The number of amides is 1. The van der Waals surface area contributed by atoms with E-state index in [-0.39, 0.29) is 17.4 Å². The maximum atomic E-state index is 12.4. The lowest BCUT2D eigenvalue weighted by atomic mass is 10.2. The van der Waals surface area contributed by atoms with Crippen LogP contribution in [0.3, 0.4) is 0 Å². The Bertz CT molecular complexity index is 1170. The van der Waals surface area contributed by atoms with E-state index in [0.29, 0.717) is 21.7 Å². The lowest BCUT2D eigenvalue weighted by Gasteiger charge is -2.10. The summed E-state index contributed by atoms with van der Waals surface area (Å²) in [6.07, 6.45) is 3.40. The van der Waals surface area contributed by atoms with Crippen molar-refractivity contribution >= 4 is 35.0 Å². The number of nitrogens with one attached hydrogen (secondary N) is 1. The molecular weight excluding hydrogens is 422 g/mol. The van der Waals surface area contributed by atoms with Crippen LogP contribution in [-0.4, -0.2) is 36.5 Å². The molecule has 30 heavy (non-hydrogen) atoms. The second-order valence-corrected chi connectivity index (χ2v) is 7.63. The minimum Gasteiger partial charge on any atom is -0.508 e. The Morgan fingerprint density at radius 3 is 2.67 bits per heavy atom. The van der Waals surface area contributed by atoms with Gasteiger partial charge in [-0.3, -0.25) is 14.3 Å². The number of carbonyl (C=O) groups excluding carboxylic acids is 1. The number of phenols is 1. The van der Waals surface area contributed by atoms with Crippen LogP contribution >= 0.6 is 23.4 Å². The predicted octanol–water partition coefficient (Wildman–Crippen LogP) is 4.42. The van der Waals surface area contributed by atoms with Crippen molar-refractivity contribution in [3.63, 3.8) is 0 Å². The summed E-state index contributed by atoms with van der Waals surface area (Å²) in [5.74, 6) is 0.596. The lowest BCUT2D eigenvalue weighted by Crippen LogP contribution is -2.14. The van der Waals surface area contributed by atoms with Crippen LogP contribution in [0.15, 0.2) is 78.2 Å². The average Bonchev–Trinajstić information content (AvgIpc) is 3.17. The van der Waals surface area contributed by atoms with Crippen LogP contribution in [-0.2, 0) is 4.79 Å².